The summed E-state index contributed by atoms with van der Waals surface area (Å²) < 4.78 is 6.69. The number of thiophene rings is 2. The summed E-state index contributed by atoms with van der Waals surface area (Å²) in [6.45, 7) is 21.6. The summed E-state index contributed by atoms with van der Waals surface area (Å²) in [6.07, 6.45) is 2.32. The van der Waals surface area contributed by atoms with Crippen molar-refractivity contribution in [1.82, 2.24) is 4.57 Å². The third kappa shape index (κ3) is 6.58. The number of nitrogens with one attached hydrogen (secondary N) is 1. The van der Waals surface area contributed by atoms with Gasteiger partial charge in [-0.25, -0.2) is 0 Å². The van der Waals surface area contributed by atoms with Crippen molar-refractivity contribution in [2.45, 2.75) is 96.8 Å². The van der Waals surface area contributed by atoms with E-state index in [2.05, 4.69) is 249 Å². The van der Waals surface area contributed by atoms with Gasteiger partial charge in [-0.2, -0.15) is 0 Å². The fraction of sp³-hybridized carbons (Fsp3) is 0.211. The molecule has 0 saturated carbocycles. The van der Waals surface area contributed by atoms with Crippen LogP contribution in [-0.4, -0.2) is 11.8 Å². The van der Waals surface area contributed by atoms with Crippen molar-refractivity contribution in [3.05, 3.63) is 198 Å². The maximum Gasteiger partial charge on any atom is 0.198 e. The Bertz CT molecular complexity index is 4440. The normalized spacial score (nSPS) is 15.8. The zero-order chi connectivity index (χ0) is 51.8. The van der Waals surface area contributed by atoms with Gasteiger partial charge < -0.3 is 9.88 Å². The molecule has 3 aliphatic rings. The first kappa shape index (κ1) is 46.2. The molecule has 5 heteroatoms. The quantitative estimate of drug-likeness (QED) is 0.170. The maximum absolute atomic E-state index is 4.13. The number of nitrogens with zero attached hydrogens (tertiary/aromatic N) is 1. The average Bonchev–Trinajstić information content (AvgIpc) is 4.14. The van der Waals surface area contributed by atoms with Gasteiger partial charge in [-0.1, -0.05) is 183 Å². The third-order valence-corrected chi connectivity index (χ3v) is 20.4. The highest BCUT2D eigenvalue weighted by atomic mass is 32.1. The molecule has 0 amide bonds. The Morgan fingerprint density at radius 2 is 1.20 bits per heavy atom. The summed E-state index contributed by atoms with van der Waals surface area (Å²) in [5.41, 5.74) is 24.5. The van der Waals surface area contributed by atoms with Crippen LogP contribution >= 0.6 is 22.7 Å². The molecule has 0 bridgehead atoms. The van der Waals surface area contributed by atoms with Crippen LogP contribution in [0.3, 0.4) is 0 Å². The first-order chi connectivity index (χ1) is 36.5. The highest BCUT2D eigenvalue weighted by Gasteiger charge is 2.41. The minimum atomic E-state index is -0.180. The molecule has 12 aromatic rings. The molecule has 2 nitrogen and oxygen atoms in total. The smallest absolute Gasteiger partial charge is 0.198 e. The monoisotopic (exact) mass is 1020 g/mol. The Labute approximate surface area is 455 Å². The van der Waals surface area contributed by atoms with Crippen LogP contribution in [0.1, 0.15) is 103 Å². The third-order valence-electron chi connectivity index (χ3n) is 18.0. The van der Waals surface area contributed by atoms with Crippen LogP contribution in [-0.2, 0) is 21.7 Å². The molecule has 0 fully saturated rings. The number of hydrogen-bond acceptors (Lipinski definition) is 3. The van der Waals surface area contributed by atoms with Crippen LogP contribution in [0, 0.1) is 0 Å². The Balaban J connectivity index is 1.11. The topological polar surface area (TPSA) is 17.0 Å². The van der Waals surface area contributed by atoms with Gasteiger partial charge in [-0.05, 0) is 145 Å². The van der Waals surface area contributed by atoms with Crippen LogP contribution in [0.5, 0.6) is 0 Å². The minimum absolute atomic E-state index is 0.0306. The SMILES string of the molecule is CC(C)(C)c1ccc(Nc2cc3c(cc2-c2c4c5c(c6cc7c(cc6n5-c5cc6c(-c8ccccc8)c(-c8ccccc8)sc6cc5[B]4)C(C)(C)CCC7(C)C)c4sc5ccccc5c24)-c2ccccc2C3(C)C)cc1. The van der Waals surface area contributed by atoms with E-state index in [0.29, 0.717) is 0 Å². The Kier molecular flexibility index (Phi) is 9.68. The molecule has 15 rings (SSSR count). The lowest BCUT2D eigenvalue weighted by Crippen LogP contribution is -2.37. The number of benzene rings is 9. The van der Waals surface area contributed by atoms with Crippen LogP contribution in [0.25, 0.3) is 102 Å². The van der Waals surface area contributed by atoms with E-state index < -0.39 is 0 Å². The maximum atomic E-state index is 4.13. The summed E-state index contributed by atoms with van der Waals surface area (Å²) in [5.74, 6) is 0. The highest BCUT2D eigenvalue weighted by Crippen LogP contribution is 2.56. The van der Waals surface area contributed by atoms with Crippen LogP contribution < -0.4 is 16.2 Å². The largest absolute Gasteiger partial charge is 0.355 e. The molecule has 9 aromatic carbocycles. The fourth-order valence-electron chi connectivity index (χ4n) is 13.8. The number of anilines is 2. The zero-order valence-corrected chi connectivity index (χ0v) is 46.6. The summed E-state index contributed by atoms with van der Waals surface area (Å²) in [6, 6.07) is 65.1. The summed E-state index contributed by atoms with van der Waals surface area (Å²) in [5, 5.41) is 10.8. The summed E-state index contributed by atoms with van der Waals surface area (Å²) in [7, 11) is 2.59. The standard InChI is InChI=1S/C71H60BN2S2/c1-68(2,3)42-28-30-43(31-29-42)73-55-37-51-46(44-24-16-18-26-50(44)71(51,8)9)34-47(55)61-62-45-25-17-19-27-58(45)75-67(62)63-48-35-52-53(70(6,7)33-32-69(52,4)5)38-56(48)74-57-36-49-59(39-54(57)72-64(61)65(63)74)76-66(41-22-14-11-15-23-41)60(49)40-20-12-10-13-21-40/h10-31,34-39,73H,32-33H2,1-9H3. The number of fused-ring (bicyclic) bond motifs is 14. The van der Waals surface area contributed by atoms with E-state index >= 15 is 0 Å². The van der Waals surface area contributed by atoms with Gasteiger partial charge in [0.15, 0.2) is 7.28 Å². The second-order valence-electron chi connectivity index (χ2n) is 25.0. The molecule has 1 aliphatic heterocycles. The van der Waals surface area contributed by atoms with Crippen molar-refractivity contribution < 1.29 is 0 Å². The summed E-state index contributed by atoms with van der Waals surface area (Å²) >= 11 is 3.90. The van der Waals surface area contributed by atoms with Gasteiger partial charge in [0, 0.05) is 79.5 Å². The minimum Gasteiger partial charge on any atom is -0.355 e. The number of hydrogen-bond donors (Lipinski definition) is 1. The molecular weight excluding hydrogens is 956 g/mol. The molecule has 2 aliphatic carbocycles. The van der Waals surface area contributed by atoms with Gasteiger partial charge in [-0.15, -0.1) is 22.7 Å². The van der Waals surface area contributed by atoms with Crippen molar-refractivity contribution in [3.8, 4) is 49.5 Å². The van der Waals surface area contributed by atoms with E-state index in [1.807, 2.05) is 22.7 Å². The molecule has 76 heavy (non-hydrogen) atoms. The predicted octanol–water partition coefficient (Wildman–Crippen LogP) is 19.0. The number of rotatable bonds is 5. The van der Waals surface area contributed by atoms with Gasteiger partial charge in [0.25, 0.3) is 0 Å². The molecule has 0 atom stereocenters. The summed E-state index contributed by atoms with van der Waals surface area (Å²) in [4.78, 5) is 1.31. The van der Waals surface area contributed by atoms with Crippen LogP contribution in [0.15, 0.2) is 170 Å². The lowest BCUT2D eigenvalue weighted by molar-refractivity contribution is 0.332. The van der Waals surface area contributed by atoms with Gasteiger partial charge in [0.1, 0.15) is 0 Å². The molecule has 4 heterocycles. The Morgan fingerprint density at radius 1 is 0.526 bits per heavy atom. The van der Waals surface area contributed by atoms with E-state index in [0.717, 1.165) is 24.2 Å². The first-order valence-electron chi connectivity index (χ1n) is 27.3. The molecule has 3 aromatic heterocycles. The van der Waals surface area contributed by atoms with Crippen molar-refractivity contribution in [2.24, 2.45) is 0 Å². The Hall–Kier alpha value is -7.18. The van der Waals surface area contributed by atoms with E-state index in [1.165, 1.54) is 140 Å². The lowest BCUT2D eigenvalue weighted by Gasteiger charge is -2.42. The van der Waals surface area contributed by atoms with Crippen molar-refractivity contribution >= 4 is 104 Å². The molecular formula is C71H60BN2S2. The van der Waals surface area contributed by atoms with Gasteiger partial charge in [0.05, 0.1) is 11.0 Å². The molecule has 0 spiro atoms. The van der Waals surface area contributed by atoms with E-state index in [-0.39, 0.29) is 21.7 Å². The molecule has 1 radical (unpaired) electrons. The molecule has 369 valence electrons. The van der Waals surface area contributed by atoms with Crippen molar-refractivity contribution in [3.63, 3.8) is 0 Å². The van der Waals surface area contributed by atoms with E-state index in [1.54, 1.807) is 0 Å². The molecule has 0 unspecified atom stereocenters. The second kappa shape index (κ2) is 15.9. The second-order valence-corrected chi connectivity index (χ2v) is 27.1. The van der Waals surface area contributed by atoms with Crippen LogP contribution in [0.2, 0.25) is 0 Å². The average molecular weight is 1020 g/mol. The first-order valence-corrected chi connectivity index (χ1v) is 28.9. The van der Waals surface area contributed by atoms with Gasteiger partial charge in [0.2, 0.25) is 0 Å². The van der Waals surface area contributed by atoms with Crippen molar-refractivity contribution in [2.75, 3.05) is 5.32 Å². The van der Waals surface area contributed by atoms with Crippen LogP contribution in [0.4, 0.5) is 11.4 Å². The zero-order valence-electron chi connectivity index (χ0n) is 44.9. The molecule has 1 N–H and O–H groups in total. The molecule has 0 saturated heterocycles. The van der Waals surface area contributed by atoms with Crippen molar-refractivity contribution in [1.29, 1.82) is 0 Å². The number of aromatic nitrogens is 1. The van der Waals surface area contributed by atoms with Gasteiger partial charge >= 0.3 is 0 Å². The Morgan fingerprint density at radius 3 is 1.93 bits per heavy atom. The highest BCUT2D eigenvalue weighted by molar-refractivity contribution is 7.27. The fourth-order valence-corrected chi connectivity index (χ4v) is 16.3. The predicted molar refractivity (Wildman–Crippen MR) is 332 cm³/mol. The lowest BCUT2D eigenvalue weighted by atomic mass is 9.58. The van der Waals surface area contributed by atoms with Gasteiger partial charge in [-0.3, -0.25) is 0 Å². The van der Waals surface area contributed by atoms with E-state index in [9.17, 15) is 0 Å². The van der Waals surface area contributed by atoms with E-state index in [4.69, 9.17) is 0 Å².